The molecule has 0 aliphatic heterocycles. The largest absolute Gasteiger partial charge is 0.494 e. The van der Waals surface area contributed by atoms with Gasteiger partial charge in [-0.25, -0.2) is 0 Å². The van der Waals surface area contributed by atoms with Crippen LogP contribution in [0.5, 0.6) is 5.75 Å². The molecule has 0 amide bonds. The highest BCUT2D eigenvalue weighted by Crippen LogP contribution is 2.36. The van der Waals surface area contributed by atoms with Gasteiger partial charge in [0.15, 0.2) is 0 Å². The van der Waals surface area contributed by atoms with Crippen LogP contribution in [-0.2, 0) is 6.42 Å². The van der Waals surface area contributed by atoms with Crippen LogP contribution in [0.1, 0.15) is 24.0 Å². The van der Waals surface area contributed by atoms with Gasteiger partial charge >= 0.3 is 0 Å². The first-order valence-corrected chi connectivity index (χ1v) is 4.50. The van der Waals surface area contributed by atoms with Crippen molar-refractivity contribution in [3.8, 4) is 11.8 Å². The van der Waals surface area contributed by atoms with E-state index in [9.17, 15) is 0 Å². The molecule has 1 aliphatic rings. The Bertz CT molecular complexity index is 365. The third kappa shape index (κ3) is 1.27. The van der Waals surface area contributed by atoms with Crippen molar-refractivity contribution in [3.63, 3.8) is 0 Å². The molecule has 0 radical (unpaired) electrons. The lowest BCUT2D eigenvalue weighted by atomic mass is 9.78. The number of rotatable bonds is 2. The van der Waals surface area contributed by atoms with E-state index in [0.717, 1.165) is 12.2 Å². The fraction of sp³-hybridized carbons (Fsp3) is 0.364. The molecular weight excluding hydrogens is 162 g/mol. The van der Waals surface area contributed by atoms with Gasteiger partial charge in [-0.3, -0.25) is 0 Å². The second-order valence-corrected chi connectivity index (χ2v) is 3.18. The van der Waals surface area contributed by atoms with Crippen LogP contribution in [0.3, 0.4) is 0 Å². The van der Waals surface area contributed by atoms with E-state index in [1.165, 1.54) is 11.1 Å². The van der Waals surface area contributed by atoms with Gasteiger partial charge < -0.3 is 4.74 Å². The molecule has 0 saturated heterocycles. The second kappa shape index (κ2) is 3.10. The summed E-state index contributed by atoms with van der Waals surface area (Å²) in [6, 6.07) is 8.24. The van der Waals surface area contributed by atoms with Crippen LogP contribution in [0.15, 0.2) is 18.2 Å². The summed E-state index contributed by atoms with van der Waals surface area (Å²) in [5.74, 6) is 1.03. The van der Waals surface area contributed by atoms with Crippen molar-refractivity contribution in [2.24, 2.45) is 0 Å². The minimum Gasteiger partial charge on any atom is -0.494 e. The van der Waals surface area contributed by atoms with Gasteiger partial charge in [-0.1, -0.05) is 6.07 Å². The SMILES string of the molecule is CCOc1ccc2c(c1)CC2C#N. The zero-order valence-corrected chi connectivity index (χ0v) is 7.58. The minimum atomic E-state index is 0.116. The van der Waals surface area contributed by atoms with Gasteiger partial charge in [0, 0.05) is 0 Å². The Labute approximate surface area is 77.8 Å². The molecule has 0 saturated carbocycles. The van der Waals surface area contributed by atoms with Crippen molar-refractivity contribution in [1.29, 1.82) is 5.26 Å². The number of nitriles is 1. The molecule has 0 bridgehead atoms. The summed E-state index contributed by atoms with van der Waals surface area (Å²) in [4.78, 5) is 0. The zero-order chi connectivity index (χ0) is 9.26. The fourth-order valence-corrected chi connectivity index (χ4v) is 1.67. The summed E-state index contributed by atoms with van der Waals surface area (Å²) in [6.07, 6.45) is 0.882. The van der Waals surface area contributed by atoms with Crippen LogP contribution in [-0.4, -0.2) is 6.61 Å². The first kappa shape index (κ1) is 8.12. The molecule has 0 heterocycles. The average molecular weight is 173 g/mol. The molecule has 13 heavy (non-hydrogen) atoms. The Hall–Kier alpha value is -1.49. The van der Waals surface area contributed by atoms with E-state index in [2.05, 4.69) is 6.07 Å². The molecular formula is C11H11NO. The monoisotopic (exact) mass is 173 g/mol. The van der Waals surface area contributed by atoms with Gasteiger partial charge in [0.05, 0.1) is 18.6 Å². The molecule has 0 fully saturated rings. The van der Waals surface area contributed by atoms with Crippen molar-refractivity contribution in [2.45, 2.75) is 19.3 Å². The fourth-order valence-electron chi connectivity index (χ4n) is 1.67. The Morgan fingerprint density at radius 1 is 1.62 bits per heavy atom. The summed E-state index contributed by atoms with van der Waals surface area (Å²) in [6.45, 7) is 2.66. The summed E-state index contributed by atoms with van der Waals surface area (Å²) < 4.78 is 5.36. The first-order valence-electron chi connectivity index (χ1n) is 4.50. The van der Waals surface area contributed by atoms with Crippen molar-refractivity contribution >= 4 is 0 Å². The van der Waals surface area contributed by atoms with E-state index in [-0.39, 0.29) is 5.92 Å². The predicted octanol–water partition coefficient (Wildman–Crippen LogP) is 2.25. The molecule has 66 valence electrons. The van der Waals surface area contributed by atoms with Crippen LogP contribution in [0.4, 0.5) is 0 Å². The lowest BCUT2D eigenvalue weighted by Crippen LogP contribution is -2.15. The van der Waals surface area contributed by atoms with Crippen LogP contribution >= 0.6 is 0 Å². The highest BCUT2D eigenvalue weighted by molar-refractivity contribution is 5.47. The molecule has 1 aromatic rings. The first-order chi connectivity index (χ1) is 6.35. The van der Waals surface area contributed by atoms with Gasteiger partial charge in [0.25, 0.3) is 0 Å². The molecule has 1 aliphatic carbocycles. The van der Waals surface area contributed by atoms with Crippen molar-refractivity contribution in [3.05, 3.63) is 29.3 Å². The molecule has 1 unspecified atom stereocenters. The Morgan fingerprint density at radius 2 is 2.46 bits per heavy atom. The Morgan fingerprint density at radius 3 is 3.08 bits per heavy atom. The van der Waals surface area contributed by atoms with E-state index < -0.39 is 0 Å². The Kier molecular flexibility index (Phi) is 1.94. The van der Waals surface area contributed by atoms with Crippen LogP contribution in [0.2, 0.25) is 0 Å². The van der Waals surface area contributed by atoms with Crippen LogP contribution < -0.4 is 4.74 Å². The lowest BCUT2D eigenvalue weighted by Gasteiger charge is -2.24. The molecule has 0 aromatic heterocycles. The predicted molar refractivity (Wildman–Crippen MR) is 49.7 cm³/mol. The second-order valence-electron chi connectivity index (χ2n) is 3.18. The van der Waals surface area contributed by atoms with E-state index >= 15 is 0 Å². The zero-order valence-electron chi connectivity index (χ0n) is 7.58. The highest BCUT2D eigenvalue weighted by atomic mass is 16.5. The molecule has 1 aromatic carbocycles. The van der Waals surface area contributed by atoms with Gasteiger partial charge in [0.1, 0.15) is 5.75 Å². The summed E-state index contributed by atoms with van der Waals surface area (Å²) in [7, 11) is 0. The standard InChI is InChI=1S/C11H11NO/c1-2-13-10-3-4-11-8(6-10)5-9(11)7-12/h3-4,6,9H,2,5H2,1H3. The number of benzene rings is 1. The van der Waals surface area contributed by atoms with E-state index in [4.69, 9.17) is 10.00 Å². The maximum absolute atomic E-state index is 8.72. The van der Waals surface area contributed by atoms with Crippen molar-refractivity contribution in [2.75, 3.05) is 6.61 Å². The van der Waals surface area contributed by atoms with E-state index in [1.54, 1.807) is 0 Å². The van der Waals surface area contributed by atoms with Gasteiger partial charge in [-0.2, -0.15) is 5.26 Å². The van der Waals surface area contributed by atoms with Crippen molar-refractivity contribution in [1.82, 2.24) is 0 Å². The quantitative estimate of drug-likeness (QED) is 0.687. The van der Waals surface area contributed by atoms with E-state index in [1.807, 2.05) is 25.1 Å². The van der Waals surface area contributed by atoms with E-state index in [0.29, 0.717) is 6.61 Å². The third-order valence-electron chi connectivity index (χ3n) is 2.38. The summed E-state index contributed by atoms with van der Waals surface area (Å²) >= 11 is 0. The number of hydrogen-bond acceptors (Lipinski definition) is 2. The third-order valence-corrected chi connectivity index (χ3v) is 2.38. The molecule has 1 atom stereocenters. The van der Waals surface area contributed by atoms with Gasteiger partial charge in [0.2, 0.25) is 0 Å². The molecule has 2 rings (SSSR count). The molecule has 0 N–H and O–H groups in total. The number of nitrogens with zero attached hydrogens (tertiary/aromatic N) is 1. The average Bonchev–Trinajstić information content (AvgIpc) is 2.10. The highest BCUT2D eigenvalue weighted by Gasteiger charge is 2.25. The molecule has 2 heteroatoms. The number of ether oxygens (including phenoxy) is 1. The van der Waals surface area contributed by atoms with Gasteiger partial charge in [-0.15, -0.1) is 0 Å². The normalized spacial score (nSPS) is 18.3. The molecule has 0 spiro atoms. The maximum atomic E-state index is 8.72. The smallest absolute Gasteiger partial charge is 0.119 e. The topological polar surface area (TPSA) is 33.0 Å². The number of hydrogen-bond donors (Lipinski definition) is 0. The van der Waals surface area contributed by atoms with Crippen LogP contribution in [0.25, 0.3) is 0 Å². The van der Waals surface area contributed by atoms with Crippen LogP contribution in [0, 0.1) is 11.3 Å². The maximum Gasteiger partial charge on any atom is 0.119 e. The minimum absolute atomic E-state index is 0.116. The number of fused-ring (bicyclic) bond motifs is 1. The van der Waals surface area contributed by atoms with Crippen molar-refractivity contribution < 1.29 is 4.74 Å². The summed E-state index contributed by atoms with van der Waals surface area (Å²) in [5, 5.41) is 8.72. The molecule has 2 nitrogen and oxygen atoms in total. The van der Waals surface area contributed by atoms with Gasteiger partial charge in [-0.05, 0) is 36.6 Å². The lowest BCUT2D eigenvalue weighted by molar-refractivity contribution is 0.339. The Balaban J connectivity index is 2.24. The summed E-state index contributed by atoms with van der Waals surface area (Å²) in [5.41, 5.74) is 2.43.